The Bertz CT molecular complexity index is 994. The Kier molecular flexibility index (Phi) is 5.28. The van der Waals surface area contributed by atoms with Gasteiger partial charge >= 0.3 is 11.2 Å². The van der Waals surface area contributed by atoms with Gasteiger partial charge in [-0.25, -0.2) is 0 Å². The first kappa shape index (κ1) is 23.9. The molecule has 4 aliphatic carbocycles. The van der Waals surface area contributed by atoms with Crippen LogP contribution >= 0.6 is 12.2 Å². The lowest BCUT2D eigenvalue weighted by atomic mass is 9.43. The van der Waals surface area contributed by atoms with E-state index in [4.69, 9.17) is 31.2 Å². The molecule has 0 aromatic heterocycles. The van der Waals surface area contributed by atoms with E-state index in [0.717, 1.165) is 31.1 Å². The summed E-state index contributed by atoms with van der Waals surface area (Å²) in [4.78, 5) is 26.6. The second-order valence-electron chi connectivity index (χ2n) is 12.3. The maximum absolute atomic E-state index is 13.5. The zero-order valence-electron chi connectivity index (χ0n) is 20.9. The number of aliphatic carboxylic acids is 1. The Morgan fingerprint density at radius 3 is 2.74 bits per heavy atom. The maximum Gasteiger partial charge on any atom is 0.353 e. The molecule has 2 heterocycles. The molecule has 3 saturated carbocycles. The molecule has 35 heavy (non-hydrogen) atoms. The third-order valence-electron chi connectivity index (χ3n) is 10.7. The third-order valence-corrected chi connectivity index (χ3v) is 10.9. The number of fused-ring (bicyclic) bond motifs is 3. The van der Waals surface area contributed by atoms with E-state index in [-0.39, 0.29) is 47.9 Å². The molecular formula is C27H36O7S. The minimum Gasteiger partial charge on any atom is -0.481 e. The highest BCUT2D eigenvalue weighted by Crippen LogP contribution is 2.82. The van der Waals surface area contributed by atoms with E-state index in [1.807, 2.05) is 6.92 Å². The molecule has 192 valence electrons. The van der Waals surface area contributed by atoms with Crippen molar-refractivity contribution in [2.45, 2.75) is 84.4 Å². The molecule has 1 N–H and O–H groups in total. The average Bonchev–Trinajstić information content (AvgIpc) is 3.49. The van der Waals surface area contributed by atoms with Crippen LogP contribution in [0.15, 0.2) is 11.6 Å². The van der Waals surface area contributed by atoms with Gasteiger partial charge in [0.15, 0.2) is 12.4 Å². The second kappa shape index (κ2) is 7.75. The lowest BCUT2D eigenvalue weighted by Gasteiger charge is -2.58. The van der Waals surface area contributed by atoms with Crippen molar-refractivity contribution in [3.63, 3.8) is 0 Å². The fourth-order valence-electron chi connectivity index (χ4n) is 9.53. The van der Waals surface area contributed by atoms with E-state index < -0.39 is 28.5 Å². The highest BCUT2D eigenvalue weighted by Gasteiger charge is 2.84. The maximum atomic E-state index is 13.5. The fraction of sp³-hybridized carbons (Fsp3) is 0.815. The van der Waals surface area contributed by atoms with Crippen LogP contribution in [0.1, 0.15) is 59.8 Å². The van der Waals surface area contributed by atoms with Gasteiger partial charge in [-0.15, -0.1) is 0 Å². The van der Waals surface area contributed by atoms with Gasteiger partial charge in [-0.05, 0) is 55.8 Å². The van der Waals surface area contributed by atoms with Gasteiger partial charge < -0.3 is 28.8 Å². The predicted octanol–water partition coefficient (Wildman–Crippen LogP) is 4.13. The Morgan fingerprint density at radius 2 is 2.06 bits per heavy atom. The molecule has 11 atom stereocenters. The number of carbonyl (C=O) groups excluding carboxylic acids is 1. The standard InChI is InChI=1S/C27H36O7S/c1-13(2)19-7-16-9-25(11-28)18-6-5-14(3)17(18)10-26(16,27(19,25)23(29)30)12-31-21-8-20-22(15(4)32-21)34-24(35)33-20/h7,11,13-18,20-22H,5-6,8-10,12H2,1-4H3,(H,29,30)/t14-,15-,16?,17-,18-,20+,21-,22-,25?,26?,27?/m1/s1. The highest BCUT2D eigenvalue weighted by molar-refractivity contribution is 7.79. The number of allylic oxidation sites excluding steroid dienone is 1. The Labute approximate surface area is 211 Å². The number of hydrogen-bond donors (Lipinski definition) is 1. The summed E-state index contributed by atoms with van der Waals surface area (Å²) >= 11 is 5.09. The van der Waals surface area contributed by atoms with E-state index in [2.05, 4.69) is 26.8 Å². The normalized spacial score (nSPS) is 51.5. The van der Waals surface area contributed by atoms with Crippen LogP contribution in [0.4, 0.5) is 0 Å². The first-order valence-corrected chi connectivity index (χ1v) is 13.6. The molecule has 4 unspecified atom stereocenters. The van der Waals surface area contributed by atoms with Gasteiger partial charge in [0.1, 0.15) is 17.8 Å². The van der Waals surface area contributed by atoms with Gasteiger partial charge in [0.25, 0.3) is 0 Å². The predicted molar refractivity (Wildman–Crippen MR) is 129 cm³/mol. The monoisotopic (exact) mass is 504 g/mol. The van der Waals surface area contributed by atoms with Crippen molar-refractivity contribution in [2.75, 3.05) is 6.61 Å². The van der Waals surface area contributed by atoms with Gasteiger partial charge in [-0.2, -0.15) is 0 Å². The van der Waals surface area contributed by atoms with Crippen molar-refractivity contribution >= 4 is 29.7 Å². The molecule has 0 aromatic carbocycles. The topological polar surface area (TPSA) is 91.3 Å². The molecule has 8 heteroatoms. The number of carbonyl (C=O) groups is 2. The molecule has 6 aliphatic rings. The van der Waals surface area contributed by atoms with Crippen LogP contribution < -0.4 is 0 Å². The number of carboxylic acid groups (broad SMARTS) is 1. The molecule has 2 saturated heterocycles. The summed E-state index contributed by atoms with van der Waals surface area (Å²) in [5.41, 5.74) is -1.85. The van der Waals surface area contributed by atoms with E-state index >= 15 is 0 Å². The zero-order valence-corrected chi connectivity index (χ0v) is 21.7. The summed E-state index contributed by atoms with van der Waals surface area (Å²) in [6, 6.07) is 0. The second-order valence-corrected chi connectivity index (χ2v) is 12.6. The Morgan fingerprint density at radius 1 is 1.29 bits per heavy atom. The Hall–Kier alpha value is -1.51. The molecule has 4 bridgehead atoms. The van der Waals surface area contributed by atoms with Crippen molar-refractivity contribution in [2.24, 2.45) is 45.8 Å². The van der Waals surface area contributed by atoms with E-state index in [1.54, 1.807) is 0 Å². The molecule has 7 nitrogen and oxygen atoms in total. The minimum atomic E-state index is -1.23. The molecule has 0 spiro atoms. The van der Waals surface area contributed by atoms with Gasteiger partial charge in [-0.1, -0.05) is 38.8 Å². The lowest BCUT2D eigenvalue weighted by molar-refractivity contribution is -0.248. The number of thiocarbonyl (C=S) groups is 1. The van der Waals surface area contributed by atoms with E-state index in [1.165, 1.54) is 0 Å². The van der Waals surface area contributed by atoms with E-state index in [9.17, 15) is 14.7 Å². The van der Waals surface area contributed by atoms with Crippen LogP contribution in [0.5, 0.6) is 0 Å². The molecule has 0 radical (unpaired) electrons. The van der Waals surface area contributed by atoms with Crippen LogP contribution in [0.25, 0.3) is 0 Å². The van der Waals surface area contributed by atoms with Crippen LogP contribution in [-0.4, -0.2) is 53.8 Å². The van der Waals surface area contributed by atoms with Crippen molar-refractivity contribution in [1.29, 1.82) is 0 Å². The SMILES string of the molecule is CC(C)C1=CC2CC3(C=O)[C@@H]4CC[C@@H](C)[C@H]4CC2(CO[C@H]2C[C@@H]4OC(=S)O[C@@H]4[C@@H](C)O2)C13C(=O)O. The van der Waals surface area contributed by atoms with Crippen molar-refractivity contribution in [3.05, 3.63) is 11.6 Å². The number of hydrogen-bond acceptors (Lipinski definition) is 7. The van der Waals surface area contributed by atoms with Crippen LogP contribution in [0.2, 0.25) is 0 Å². The largest absolute Gasteiger partial charge is 0.481 e. The van der Waals surface area contributed by atoms with Gasteiger partial charge in [-0.3, -0.25) is 4.79 Å². The van der Waals surface area contributed by atoms with Crippen molar-refractivity contribution < 1.29 is 33.6 Å². The number of aldehydes is 1. The van der Waals surface area contributed by atoms with Crippen molar-refractivity contribution in [1.82, 2.24) is 0 Å². The fourth-order valence-corrected chi connectivity index (χ4v) is 9.77. The first-order valence-electron chi connectivity index (χ1n) is 13.2. The zero-order chi connectivity index (χ0) is 24.9. The van der Waals surface area contributed by atoms with Crippen molar-refractivity contribution in [3.8, 4) is 0 Å². The van der Waals surface area contributed by atoms with Gasteiger partial charge in [0, 0.05) is 24.1 Å². The lowest BCUT2D eigenvalue weighted by Crippen LogP contribution is -2.63. The number of ether oxygens (including phenoxy) is 4. The summed E-state index contributed by atoms with van der Waals surface area (Å²) in [6.07, 6.45) is 5.80. The molecule has 0 aromatic rings. The summed E-state index contributed by atoms with van der Waals surface area (Å²) in [5, 5.41) is 11.2. The van der Waals surface area contributed by atoms with Gasteiger partial charge in [0.2, 0.25) is 0 Å². The van der Waals surface area contributed by atoms with Crippen LogP contribution in [-0.2, 0) is 28.5 Å². The minimum absolute atomic E-state index is 0.00593. The third kappa shape index (κ3) is 2.77. The molecule has 0 amide bonds. The molecule has 2 aliphatic heterocycles. The summed E-state index contributed by atoms with van der Waals surface area (Å²) in [6.45, 7) is 8.55. The number of rotatable bonds is 6. The molecule has 6 rings (SSSR count). The quantitative estimate of drug-likeness (QED) is 0.328. The summed E-state index contributed by atoms with van der Waals surface area (Å²) in [7, 11) is 0. The Balaban J connectivity index is 1.38. The van der Waals surface area contributed by atoms with E-state index in [0.29, 0.717) is 24.7 Å². The first-order chi connectivity index (χ1) is 16.6. The summed E-state index contributed by atoms with van der Waals surface area (Å²) < 4.78 is 23.9. The molecular weight excluding hydrogens is 468 g/mol. The highest BCUT2D eigenvalue weighted by atomic mass is 32.1. The van der Waals surface area contributed by atoms with Crippen LogP contribution in [0, 0.1) is 45.8 Å². The van der Waals surface area contributed by atoms with Crippen LogP contribution in [0.3, 0.4) is 0 Å². The smallest absolute Gasteiger partial charge is 0.353 e. The van der Waals surface area contributed by atoms with Gasteiger partial charge in [0.05, 0.1) is 18.1 Å². The summed E-state index contributed by atoms with van der Waals surface area (Å²) in [5.74, 6) is 0.112. The molecule has 5 fully saturated rings. The number of carboxylic acids is 1. The average molecular weight is 505 g/mol.